The number of nitrogens with one attached hydrogen (secondary N) is 1. The fourth-order valence-electron chi connectivity index (χ4n) is 6.35. The lowest BCUT2D eigenvalue weighted by atomic mass is 9.48. The SMILES string of the molecule is CCc1ccc(C)[n+](CC(=O)N[C@@H](C)C23CC4CC(CC(C4)C2)C3)c1. The predicted molar refractivity (Wildman–Crippen MR) is 99.0 cm³/mol. The van der Waals surface area contributed by atoms with Gasteiger partial charge in [-0.3, -0.25) is 4.79 Å². The van der Waals surface area contributed by atoms with Crippen LogP contribution in [0.4, 0.5) is 0 Å². The highest BCUT2D eigenvalue weighted by molar-refractivity contribution is 5.74. The van der Waals surface area contributed by atoms with Gasteiger partial charge in [0.1, 0.15) is 0 Å². The van der Waals surface area contributed by atoms with Gasteiger partial charge in [0.05, 0.1) is 0 Å². The number of pyridine rings is 1. The fourth-order valence-corrected chi connectivity index (χ4v) is 6.35. The van der Waals surface area contributed by atoms with Crippen molar-refractivity contribution in [2.24, 2.45) is 23.2 Å². The Labute approximate surface area is 152 Å². The first kappa shape index (κ1) is 17.1. The molecule has 4 saturated carbocycles. The molecule has 1 atom stereocenters. The minimum atomic E-state index is 0.171. The summed E-state index contributed by atoms with van der Waals surface area (Å²) < 4.78 is 2.10. The van der Waals surface area contributed by atoms with Crippen LogP contribution in [0.25, 0.3) is 0 Å². The van der Waals surface area contributed by atoms with E-state index in [9.17, 15) is 4.79 Å². The van der Waals surface area contributed by atoms with Crippen molar-refractivity contribution >= 4 is 5.91 Å². The third-order valence-electron chi connectivity index (χ3n) is 7.42. The monoisotopic (exact) mass is 341 g/mol. The van der Waals surface area contributed by atoms with Gasteiger partial charge in [-0.1, -0.05) is 6.92 Å². The van der Waals surface area contributed by atoms with E-state index in [1.807, 2.05) is 0 Å². The van der Waals surface area contributed by atoms with Crippen molar-refractivity contribution in [3.8, 4) is 0 Å². The van der Waals surface area contributed by atoms with Gasteiger partial charge in [-0.2, -0.15) is 4.57 Å². The van der Waals surface area contributed by atoms with Crippen LogP contribution in [-0.4, -0.2) is 11.9 Å². The van der Waals surface area contributed by atoms with Gasteiger partial charge >= 0.3 is 0 Å². The molecule has 0 aromatic carbocycles. The van der Waals surface area contributed by atoms with Crippen LogP contribution < -0.4 is 9.88 Å². The number of hydrogen-bond donors (Lipinski definition) is 1. The Balaban J connectivity index is 1.43. The highest BCUT2D eigenvalue weighted by atomic mass is 16.2. The molecule has 3 heteroatoms. The highest BCUT2D eigenvalue weighted by Crippen LogP contribution is 2.61. The summed E-state index contributed by atoms with van der Waals surface area (Å²) in [5, 5.41) is 3.39. The standard InChI is InChI=1S/C22H32N2O/c1-4-17-6-5-15(2)24(13-17)14-21(25)23-16(3)22-10-18-7-19(11-22)9-20(8-18)12-22/h5-6,13,16,18-20H,4,7-12,14H2,1-3H3/p+1/t16-,18?,19?,20?,22?/m0/s1. The minimum Gasteiger partial charge on any atom is -0.348 e. The maximum absolute atomic E-state index is 12.7. The van der Waals surface area contributed by atoms with Gasteiger partial charge in [-0.15, -0.1) is 0 Å². The third kappa shape index (κ3) is 3.22. The second-order valence-corrected chi connectivity index (χ2v) is 9.23. The van der Waals surface area contributed by atoms with E-state index in [0.717, 1.165) is 29.9 Å². The zero-order valence-corrected chi connectivity index (χ0v) is 16.1. The van der Waals surface area contributed by atoms with Gasteiger partial charge in [-0.05, 0) is 81.1 Å². The van der Waals surface area contributed by atoms with Crippen molar-refractivity contribution < 1.29 is 9.36 Å². The molecule has 4 bridgehead atoms. The van der Waals surface area contributed by atoms with Crippen LogP contribution in [0.5, 0.6) is 0 Å². The van der Waals surface area contributed by atoms with E-state index in [1.54, 1.807) is 0 Å². The quantitative estimate of drug-likeness (QED) is 0.816. The van der Waals surface area contributed by atoms with Crippen molar-refractivity contribution in [3.05, 3.63) is 29.6 Å². The molecule has 3 nitrogen and oxygen atoms in total. The predicted octanol–water partition coefficient (Wildman–Crippen LogP) is 3.57. The Morgan fingerprint density at radius 3 is 2.36 bits per heavy atom. The van der Waals surface area contributed by atoms with Gasteiger partial charge in [0, 0.05) is 24.6 Å². The zero-order valence-electron chi connectivity index (χ0n) is 16.1. The summed E-state index contributed by atoms with van der Waals surface area (Å²) in [5.74, 6) is 2.97. The minimum absolute atomic E-state index is 0.171. The Morgan fingerprint density at radius 2 is 1.80 bits per heavy atom. The second kappa shape index (κ2) is 6.41. The molecule has 1 amide bonds. The lowest BCUT2D eigenvalue weighted by Gasteiger charge is -2.59. The number of carbonyl (C=O) groups excluding carboxylic acids is 1. The molecule has 0 saturated heterocycles. The van der Waals surface area contributed by atoms with Crippen LogP contribution in [0.2, 0.25) is 0 Å². The highest BCUT2D eigenvalue weighted by Gasteiger charge is 2.53. The Hall–Kier alpha value is -1.38. The Bertz CT molecular complexity index is 631. The fraction of sp³-hybridized carbons (Fsp3) is 0.727. The normalized spacial score (nSPS) is 34.1. The lowest BCUT2D eigenvalue weighted by molar-refractivity contribution is -0.690. The number of aryl methyl sites for hydroxylation is 2. The van der Waals surface area contributed by atoms with E-state index in [1.165, 1.54) is 44.1 Å². The van der Waals surface area contributed by atoms with E-state index < -0.39 is 0 Å². The summed E-state index contributed by atoms with van der Waals surface area (Å²) in [6.45, 7) is 6.95. The van der Waals surface area contributed by atoms with Crippen LogP contribution in [0.15, 0.2) is 18.3 Å². The zero-order chi connectivity index (χ0) is 17.6. The summed E-state index contributed by atoms with van der Waals surface area (Å²) >= 11 is 0. The maximum atomic E-state index is 12.7. The number of hydrogen-bond acceptors (Lipinski definition) is 1. The molecule has 4 fully saturated rings. The van der Waals surface area contributed by atoms with Crippen LogP contribution in [-0.2, 0) is 17.8 Å². The first-order valence-corrected chi connectivity index (χ1v) is 10.3. The van der Waals surface area contributed by atoms with Crippen molar-refractivity contribution in [2.75, 3.05) is 0 Å². The Morgan fingerprint density at radius 1 is 1.20 bits per heavy atom. The molecule has 0 spiro atoms. The molecule has 1 aromatic rings. The molecule has 1 N–H and O–H groups in total. The average Bonchev–Trinajstić information content (AvgIpc) is 2.55. The second-order valence-electron chi connectivity index (χ2n) is 9.23. The molecule has 1 heterocycles. The first-order valence-electron chi connectivity index (χ1n) is 10.3. The summed E-state index contributed by atoms with van der Waals surface area (Å²) in [6, 6.07) is 4.58. The van der Waals surface area contributed by atoms with Gasteiger partial charge in [0.25, 0.3) is 5.91 Å². The third-order valence-corrected chi connectivity index (χ3v) is 7.42. The van der Waals surface area contributed by atoms with E-state index in [-0.39, 0.29) is 5.91 Å². The van der Waals surface area contributed by atoms with E-state index in [2.05, 4.69) is 49.0 Å². The molecule has 1 aromatic heterocycles. The smallest absolute Gasteiger partial charge is 0.286 e. The number of carbonyl (C=O) groups is 1. The number of nitrogens with zero attached hydrogens (tertiary/aromatic N) is 1. The van der Waals surface area contributed by atoms with Crippen LogP contribution in [0.1, 0.15) is 63.6 Å². The molecule has 136 valence electrons. The van der Waals surface area contributed by atoms with Crippen molar-refractivity contribution in [1.82, 2.24) is 5.32 Å². The molecule has 0 radical (unpaired) electrons. The van der Waals surface area contributed by atoms with Gasteiger partial charge < -0.3 is 5.32 Å². The van der Waals surface area contributed by atoms with Crippen molar-refractivity contribution in [1.29, 1.82) is 0 Å². The average molecular weight is 342 g/mol. The van der Waals surface area contributed by atoms with Gasteiger partial charge in [0.15, 0.2) is 11.9 Å². The number of rotatable bonds is 5. The molecule has 0 unspecified atom stereocenters. The molecular weight excluding hydrogens is 308 g/mol. The van der Waals surface area contributed by atoms with E-state index >= 15 is 0 Å². The van der Waals surface area contributed by atoms with Gasteiger partial charge in [-0.25, -0.2) is 0 Å². The summed E-state index contributed by atoms with van der Waals surface area (Å²) in [7, 11) is 0. The summed E-state index contributed by atoms with van der Waals surface area (Å²) in [4.78, 5) is 12.7. The number of amides is 1. The van der Waals surface area contributed by atoms with E-state index in [4.69, 9.17) is 0 Å². The molecule has 25 heavy (non-hydrogen) atoms. The number of aromatic nitrogens is 1. The maximum Gasteiger partial charge on any atom is 0.286 e. The van der Waals surface area contributed by atoms with Crippen molar-refractivity contribution in [2.45, 2.75) is 78.3 Å². The first-order chi connectivity index (χ1) is 12.0. The Kier molecular flexibility index (Phi) is 4.37. The lowest BCUT2D eigenvalue weighted by Crippen LogP contribution is -2.57. The summed E-state index contributed by atoms with van der Waals surface area (Å²) in [5.41, 5.74) is 2.82. The van der Waals surface area contributed by atoms with Crippen molar-refractivity contribution in [3.63, 3.8) is 0 Å². The van der Waals surface area contributed by atoms with Crippen LogP contribution in [0, 0.1) is 30.1 Å². The topological polar surface area (TPSA) is 33.0 Å². The van der Waals surface area contributed by atoms with E-state index in [0.29, 0.717) is 18.0 Å². The largest absolute Gasteiger partial charge is 0.348 e. The molecular formula is C22H33N2O+. The van der Waals surface area contributed by atoms with Gasteiger partial charge in [0.2, 0.25) is 6.54 Å². The summed E-state index contributed by atoms with van der Waals surface area (Å²) in [6.07, 6.45) is 11.5. The molecule has 0 aliphatic heterocycles. The molecule has 5 rings (SSSR count). The molecule has 4 aliphatic carbocycles. The molecule has 4 aliphatic rings. The van der Waals surface area contributed by atoms with Crippen LogP contribution >= 0.6 is 0 Å². The van der Waals surface area contributed by atoms with Crippen LogP contribution in [0.3, 0.4) is 0 Å².